The SMILES string of the molecule is COc1c(C(C)=NC(N)=C(C#N)C#N)c(N2CCNCC2)c(OC)c2occc12. The minimum atomic E-state index is -0.247. The van der Waals surface area contributed by atoms with E-state index in [1.165, 1.54) is 0 Å². The fraction of sp³-hybridized carbons (Fsp3) is 0.350. The molecule has 9 nitrogen and oxygen atoms in total. The maximum absolute atomic E-state index is 9.08. The van der Waals surface area contributed by atoms with E-state index in [-0.39, 0.29) is 11.4 Å². The molecule has 0 unspecified atom stereocenters. The zero-order valence-electron chi connectivity index (χ0n) is 16.6. The number of piperazine rings is 1. The highest BCUT2D eigenvalue weighted by molar-refractivity contribution is 6.14. The number of nitrogens with two attached hydrogens (primary N) is 1. The third-order valence-corrected chi connectivity index (χ3v) is 4.77. The van der Waals surface area contributed by atoms with Gasteiger partial charge in [-0.05, 0) is 13.0 Å². The number of anilines is 1. The number of aliphatic imine (C=N–C) groups is 1. The summed E-state index contributed by atoms with van der Waals surface area (Å²) < 4.78 is 17.2. The van der Waals surface area contributed by atoms with Crippen LogP contribution in [0.4, 0.5) is 5.69 Å². The number of fused-ring (bicyclic) bond motifs is 1. The third kappa shape index (κ3) is 3.56. The highest BCUT2D eigenvalue weighted by Crippen LogP contribution is 2.47. The molecule has 1 aliphatic heterocycles. The number of methoxy groups -OCH3 is 2. The largest absolute Gasteiger partial charge is 0.495 e. The van der Waals surface area contributed by atoms with Crippen molar-refractivity contribution < 1.29 is 13.9 Å². The molecular weight excluding hydrogens is 372 g/mol. The second-order valence-electron chi connectivity index (χ2n) is 6.37. The second-order valence-corrected chi connectivity index (χ2v) is 6.37. The van der Waals surface area contributed by atoms with Crippen LogP contribution < -0.4 is 25.4 Å². The van der Waals surface area contributed by atoms with Crippen molar-refractivity contribution in [2.24, 2.45) is 10.7 Å². The van der Waals surface area contributed by atoms with Crippen LogP contribution in [0.2, 0.25) is 0 Å². The summed E-state index contributed by atoms with van der Waals surface area (Å²) in [6, 6.07) is 5.32. The molecule has 3 N–H and O–H groups in total. The molecule has 9 heteroatoms. The van der Waals surface area contributed by atoms with Crippen LogP contribution in [0.1, 0.15) is 12.5 Å². The molecule has 0 atom stereocenters. The molecule has 1 fully saturated rings. The van der Waals surface area contributed by atoms with Crippen LogP contribution >= 0.6 is 0 Å². The van der Waals surface area contributed by atoms with Gasteiger partial charge in [0.1, 0.15) is 17.9 Å². The zero-order chi connectivity index (χ0) is 21.0. The molecular formula is C20H22N6O3. The molecule has 0 spiro atoms. The van der Waals surface area contributed by atoms with Gasteiger partial charge >= 0.3 is 0 Å². The van der Waals surface area contributed by atoms with Crippen molar-refractivity contribution in [3.05, 3.63) is 29.3 Å². The van der Waals surface area contributed by atoms with Crippen LogP contribution in [0.5, 0.6) is 11.5 Å². The number of hydrogen-bond donors (Lipinski definition) is 2. The first kappa shape index (κ1) is 20.1. The lowest BCUT2D eigenvalue weighted by molar-refractivity contribution is 0.401. The summed E-state index contributed by atoms with van der Waals surface area (Å²) in [7, 11) is 3.16. The Kier molecular flexibility index (Phi) is 5.91. The Morgan fingerprint density at radius 2 is 1.86 bits per heavy atom. The third-order valence-electron chi connectivity index (χ3n) is 4.77. The van der Waals surface area contributed by atoms with Crippen molar-refractivity contribution in [2.45, 2.75) is 6.92 Å². The van der Waals surface area contributed by atoms with Gasteiger partial charge in [0.05, 0.1) is 42.8 Å². The van der Waals surface area contributed by atoms with E-state index in [0.29, 0.717) is 28.4 Å². The first-order valence-corrected chi connectivity index (χ1v) is 9.03. The van der Waals surface area contributed by atoms with Crippen molar-refractivity contribution in [1.29, 1.82) is 10.5 Å². The Labute approximate surface area is 168 Å². The molecule has 0 saturated carbocycles. The normalized spacial score (nSPS) is 14.2. The van der Waals surface area contributed by atoms with Gasteiger partial charge in [0.25, 0.3) is 0 Å². The molecule has 29 heavy (non-hydrogen) atoms. The van der Waals surface area contributed by atoms with Gasteiger partial charge in [-0.2, -0.15) is 10.5 Å². The minimum Gasteiger partial charge on any atom is -0.495 e. The maximum Gasteiger partial charge on any atom is 0.186 e. The summed E-state index contributed by atoms with van der Waals surface area (Å²) in [5.41, 5.74) is 8.18. The number of nitrogens with zero attached hydrogens (tertiary/aromatic N) is 4. The van der Waals surface area contributed by atoms with E-state index in [9.17, 15) is 0 Å². The number of rotatable bonds is 5. The number of furan rings is 1. The summed E-state index contributed by atoms with van der Waals surface area (Å²) in [6.45, 7) is 4.88. The van der Waals surface area contributed by atoms with Crippen LogP contribution in [0, 0.1) is 22.7 Å². The monoisotopic (exact) mass is 394 g/mol. The number of benzene rings is 1. The van der Waals surface area contributed by atoms with Gasteiger partial charge in [-0.15, -0.1) is 0 Å². The second kappa shape index (κ2) is 8.55. The van der Waals surface area contributed by atoms with E-state index in [0.717, 1.165) is 37.3 Å². The van der Waals surface area contributed by atoms with Gasteiger partial charge in [-0.3, -0.25) is 0 Å². The van der Waals surface area contributed by atoms with E-state index in [4.69, 9.17) is 30.1 Å². The zero-order valence-corrected chi connectivity index (χ0v) is 16.6. The van der Waals surface area contributed by atoms with Gasteiger partial charge in [-0.1, -0.05) is 0 Å². The highest BCUT2D eigenvalue weighted by Gasteiger charge is 2.29. The van der Waals surface area contributed by atoms with E-state index >= 15 is 0 Å². The lowest BCUT2D eigenvalue weighted by Gasteiger charge is -2.33. The fourth-order valence-corrected chi connectivity index (χ4v) is 3.49. The fourth-order valence-electron chi connectivity index (χ4n) is 3.49. The van der Waals surface area contributed by atoms with Crippen LogP contribution in [-0.2, 0) is 0 Å². The first-order valence-electron chi connectivity index (χ1n) is 9.03. The van der Waals surface area contributed by atoms with Gasteiger partial charge in [0, 0.05) is 26.2 Å². The predicted molar refractivity (Wildman–Crippen MR) is 109 cm³/mol. The smallest absolute Gasteiger partial charge is 0.186 e. The van der Waals surface area contributed by atoms with E-state index in [1.807, 2.05) is 0 Å². The van der Waals surface area contributed by atoms with Crippen molar-refractivity contribution in [2.75, 3.05) is 45.3 Å². The standard InChI is InChI=1S/C20H22N6O3/c1-12(25-20(23)13(10-21)11-22)15-16(26-7-5-24-6-8-26)19(28-3)18-14(4-9-29-18)17(15)27-2/h4,9,24H,5-8,23H2,1-3H3. The Morgan fingerprint density at radius 1 is 1.21 bits per heavy atom. The Morgan fingerprint density at radius 3 is 2.45 bits per heavy atom. The van der Waals surface area contributed by atoms with Gasteiger partial charge in [0.15, 0.2) is 22.7 Å². The number of allylic oxidation sites excluding steroid dienone is 1. The highest BCUT2D eigenvalue weighted by atomic mass is 16.5. The van der Waals surface area contributed by atoms with Crippen LogP contribution in [0.25, 0.3) is 11.0 Å². The molecule has 1 aromatic heterocycles. The van der Waals surface area contributed by atoms with E-state index < -0.39 is 0 Å². The quantitative estimate of drug-likeness (QED) is 0.580. The van der Waals surface area contributed by atoms with Crippen LogP contribution in [0.3, 0.4) is 0 Å². The van der Waals surface area contributed by atoms with Crippen molar-refractivity contribution >= 4 is 22.4 Å². The summed E-state index contributed by atoms with van der Waals surface area (Å²) in [6.07, 6.45) is 1.57. The average molecular weight is 394 g/mol. The van der Waals surface area contributed by atoms with E-state index in [2.05, 4.69) is 15.2 Å². The Balaban J connectivity index is 2.36. The summed E-state index contributed by atoms with van der Waals surface area (Å²) in [5.74, 6) is 0.986. The molecule has 2 aromatic rings. The van der Waals surface area contributed by atoms with Gasteiger partial charge < -0.3 is 29.8 Å². The number of ether oxygens (including phenoxy) is 2. The summed E-state index contributed by atoms with van der Waals surface area (Å²) in [5, 5.41) is 22.2. The van der Waals surface area contributed by atoms with Crippen LogP contribution in [0.15, 0.2) is 33.1 Å². The number of nitriles is 2. The number of hydrogen-bond acceptors (Lipinski definition) is 9. The van der Waals surface area contributed by atoms with Crippen LogP contribution in [-0.4, -0.2) is 46.1 Å². The molecule has 0 amide bonds. The van der Waals surface area contributed by atoms with Crippen molar-refractivity contribution in [1.82, 2.24) is 5.32 Å². The van der Waals surface area contributed by atoms with E-state index in [1.54, 1.807) is 45.6 Å². The average Bonchev–Trinajstić information content (AvgIpc) is 3.22. The topological polar surface area (TPSA) is 133 Å². The summed E-state index contributed by atoms with van der Waals surface area (Å²) >= 11 is 0. The Hall–Kier alpha value is -3.69. The molecule has 150 valence electrons. The van der Waals surface area contributed by atoms with Gasteiger partial charge in [0.2, 0.25) is 0 Å². The number of nitrogens with one attached hydrogen (secondary N) is 1. The van der Waals surface area contributed by atoms with Crippen molar-refractivity contribution in [3.63, 3.8) is 0 Å². The molecule has 1 aromatic carbocycles. The molecule has 0 bridgehead atoms. The Bertz CT molecular complexity index is 1050. The molecule has 1 saturated heterocycles. The lowest BCUT2D eigenvalue weighted by Crippen LogP contribution is -2.44. The summed E-state index contributed by atoms with van der Waals surface area (Å²) in [4.78, 5) is 6.51. The lowest BCUT2D eigenvalue weighted by atomic mass is 10.0. The van der Waals surface area contributed by atoms with Gasteiger partial charge in [-0.25, -0.2) is 4.99 Å². The minimum absolute atomic E-state index is 0.146. The molecule has 3 rings (SSSR count). The maximum atomic E-state index is 9.08. The molecule has 2 heterocycles. The molecule has 1 aliphatic rings. The predicted octanol–water partition coefficient (Wildman–Crippen LogP) is 1.89. The van der Waals surface area contributed by atoms with Crippen molar-refractivity contribution in [3.8, 4) is 23.6 Å². The molecule has 0 radical (unpaired) electrons. The first-order chi connectivity index (χ1) is 14.1. The molecule has 0 aliphatic carbocycles.